The maximum Gasteiger partial charge on any atom is 0.142 e. The molecule has 0 amide bonds. The van der Waals surface area contributed by atoms with Crippen LogP contribution in [-0.4, -0.2) is 12.1 Å². The maximum absolute atomic E-state index is 8.82. The van der Waals surface area contributed by atoms with Crippen LogP contribution in [0.25, 0.3) is 0 Å². The Bertz CT molecular complexity index is 604. The molecule has 1 heterocycles. The van der Waals surface area contributed by atoms with E-state index in [1.807, 2.05) is 43.3 Å². The topological polar surface area (TPSA) is 57.9 Å². The highest BCUT2D eigenvalue weighted by Gasteiger charge is 2.04. The summed E-state index contributed by atoms with van der Waals surface area (Å²) in [6, 6.07) is 15.3. The number of aromatic nitrogens is 1. The Balaban J connectivity index is 2.21. The van der Waals surface area contributed by atoms with Crippen LogP contribution in [0.4, 0.5) is 11.5 Å². The molecular weight excluding hydrogens is 238 g/mol. The molecule has 0 radical (unpaired) electrons. The van der Waals surface area contributed by atoms with Gasteiger partial charge in [-0.15, -0.1) is 0 Å². The van der Waals surface area contributed by atoms with Crippen LogP contribution >= 0.6 is 0 Å². The molecule has 1 aromatic carbocycles. The molecule has 1 atom stereocenters. The van der Waals surface area contributed by atoms with Crippen LogP contribution in [0.3, 0.4) is 0 Å². The monoisotopic (exact) mass is 253 g/mol. The van der Waals surface area contributed by atoms with Crippen molar-refractivity contribution in [3.05, 3.63) is 53.7 Å². The van der Waals surface area contributed by atoms with Gasteiger partial charge in [-0.25, -0.2) is 4.98 Å². The maximum atomic E-state index is 8.82. The minimum atomic E-state index is 0.0418. The van der Waals surface area contributed by atoms with Gasteiger partial charge in [-0.3, -0.25) is 0 Å². The lowest BCUT2D eigenvalue weighted by molar-refractivity contribution is 0.119. The van der Waals surface area contributed by atoms with Crippen LogP contribution < -0.4 is 5.32 Å². The van der Waals surface area contributed by atoms with Crippen molar-refractivity contribution in [1.29, 1.82) is 5.26 Å². The van der Waals surface area contributed by atoms with Crippen molar-refractivity contribution < 1.29 is 4.74 Å². The van der Waals surface area contributed by atoms with E-state index < -0.39 is 0 Å². The molecule has 0 aliphatic rings. The van der Waals surface area contributed by atoms with Gasteiger partial charge in [0.25, 0.3) is 0 Å². The highest BCUT2D eigenvalue weighted by atomic mass is 16.5. The highest BCUT2D eigenvalue weighted by Crippen LogP contribution is 2.21. The van der Waals surface area contributed by atoms with Crippen molar-refractivity contribution >= 4 is 11.5 Å². The largest absolute Gasteiger partial charge is 0.377 e. The summed E-state index contributed by atoms with van der Waals surface area (Å²) >= 11 is 0. The zero-order chi connectivity index (χ0) is 13.7. The van der Waals surface area contributed by atoms with E-state index in [9.17, 15) is 0 Å². The molecule has 4 nitrogen and oxygen atoms in total. The molecule has 0 bridgehead atoms. The fourth-order valence-electron chi connectivity index (χ4n) is 1.72. The second-order valence-electron chi connectivity index (χ2n) is 4.15. The third kappa shape index (κ3) is 3.30. The summed E-state index contributed by atoms with van der Waals surface area (Å²) in [7, 11) is 1.68. The first kappa shape index (κ1) is 13.1. The smallest absolute Gasteiger partial charge is 0.142 e. The summed E-state index contributed by atoms with van der Waals surface area (Å²) in [6.45, 7) is 1.99. The molecule has 1 unspecified atom stereocenters. The average molecular weight is 253 g/mol. The molecule has 96 valence electrons. The first-order valence-electron chi connectivity index (χ1n) is 6.00. The number of anilines is 2. The van der Waals surface area contributed by atoms with E-state index in [0.29, 0.717) is 11.5 Å². The SMILES string of the molecule is COC(C)c1cccc(Nc2cccc(C#N)n2)c1. The summed E-state index contributed by atoms with van der Waals surface area (Å²) in [4.78, 5) is 4.18. The Kier molecular flexibility index (Phi) is 4.11. The molecule has 4 heteroatoms. The number of nitrogens with zero attached hydrogens (tertiary/aromatic N) is 2. The number of hydrogen-bond donors (Lipinski definition) is 1. The lowest BCUT2D eigenvalue weighted by atomic mass is 10.1. The molecule has 0 saturated carbocycles. The first-order valence-corrected chi connectivity index (χ1v) is 6.00. The Morgan fingerprint density at radius 3 is 2.79 bits per heavy atom. The van der Waals surface area contributed by atoms with Gasteiger partial charge in [0.05, 0.1) is 6.10 Å². The van der Waals surface area contributed by atoms with Crippen LogP contribution in [0.1, 0.15) is 24.3 Å². The zero-order valence-electron chi connectivity index (χ0n) is 10.9. The average Bonchev–Trinajstić information content (AvgIpc) is 2.47. The second-order valence-corrected chi connectivity index (χ2v) is 4.15. The number of benzene rings is 1. The summed E-state index contributed by atoms with van der Waals surface area (Å²) in [6.07, 6.45) is 0.0418. The van der Waals surface area contributed by atoms with E-state index in [0.717, 1.165) is 11.3 Å². The van der Waals surface area contributed by atoms with Crippen LogP contribution in [-0.2, 0) is 4.74 Å². The predicted octanol–water partition coefficient (Wildman–Crippen LogP) is 3.40. The zero-order valence-corrected chi connectivity index (χ0v) is 10.9. The van der Waals surface area contributed by atoms with E-state index in [1.54, 1.807) is 19.2 Å². The summed E-state index contributed by atoms with van der Waals surface area (Å²) in [5.74, 6) is 0.654. The lowest BCUT2D eigenvalue weighted by Gasteiger charge is -2.12. The van der Waals surface area contributed by atoms with Crippen LogP contribution in [0, 0.1) is 11.3 Å². The van der Waals surface area contributed by atoms with Crippen molar-refractivity contribution in [1.82, 2.24) is 4.98 Å². The fraction of sp³-hybridized carbons (Fsp3) is 0.200. The van der Waals surface area contributed by atoms with Gasteiger partial charge in [0.2, 0.25) is 0 Å². The van der Waals surface area contributed by atoms with Gasteiger partial charge >= 0.3 is 0 Å². The standard InChI is InChI=1S/C15H15N3O/c1-11(19-2)12-5-3-6-13(9-12)17-15-8-4-7-14(10-16)18-15/h3-9,11H,1-2H3,(H,17,18). The Labute approximate surface area is 112 Å². The molecule has 0 fully saturated rings. The Morgan fingerprint density at radius 2 is 2.05 bits per heavy atom. The quantitative estimate of drug-likeness (QED) is 0.907. The van der Waals surface area contributed by atoms with E-state index in [1.165, 1.54) is 0 Å². The number of hydrogen-bond acceptors (Lipinski definition) is 4. The molecule has 0 aliphatic carbocycles. The number of nitrogens with one attached hydrogen (secondary N) is 1. The molecule has 19 heavy (non-hydrogen) atoms. The third-order valence-electron chi connectivity index (χ3n) is 2.85. The second kappa shape index (κ2) is 5.98. The van der Waals surface area contributed by atoms with E-state index in [4.69, 9.17) is 10.00 Å². The summed E-state index contributed by atoms with van der Waals surface area (Å²) < 4.78 is 5.29. The predicted molar refractivity (Wildman–Crippen MR) is 74.1 cm³/mol. The van der Waals surface area contributed by atoms with Crippen molar-refractivity contribution in [2.24, 2.45) is 0 Å². The lowest BCUT2D eigenvalue weighted by Crippen LogP contribution is -1.98. The highest BCUT2D eigenvalue weighted by molar-refractivity contribution is 5.57. The molecule has 0 aliphatic heterocycles. The van der Waals surface area contributed by atoms with Crippen molar-refractivity contribution in [3.8, 4) is 6.07 Å². The van der Waals surface area contributed by atoms with Gasteiger partial charge < -0.3 is 10.1 Å². The van der Waals surface area contributed by atoms with Crippen LogP contribution in [0.5, 0.6) is 0 Å². The van der Waals surface area contributed by atoms with Gasteiger partial charge in [0.15, 0.2) is 0 Å². The van der Waals surface area contributed by atoms with Crippen molar-refractivity contribution in [2.45, 2.75) is 13.0 Å². The molecule has 2 rings (SSSR count). The number of ether oxygens (including phenoxy) is 1. The minimum Gasteiger partial charge on any atom is -0.377 e. The van der Waals surface area contributed by atoms with Gasteiger partial charge in [-0.05, 0) is 36.8 Å². The van der Waals surface area contributed by atoms with E-state index in [-0.39, 0.29) is 6.10 Å². The molecule has 1 N–H and O–H groups in total. The molecule has 1 aromatic heterocycles. The summed E-state index contributed by atoms with van der Waals surface area (Å²) in [5, 5.41) is 12.0. The van der Waals surface area contributed by atoms with Crippen LogP contribution in [0.2, 0.25) is 0 Å². The molecule has 2 aromatic rings. The normalized spacial score (nSPS) is 11.6. The molecular formula is C15H15N3O. The number of pyridine rings is 1. The third-order valence-corrected chi connectivity index (χ3v) is 2.85. The molecule has 0 spiro atoms. The molecule has 0 saturated heterocycles. The van der Waals surface area contributed by atoms with Gasteiger partial charge in [-0.1, -0.05) is 18.2 Å². The number of methoxy groups -OCH3 is 1. The van der Waals surface area contributed by atoms with Gasteiger partial charge in [0, 0.05) is 12.8 Å². The van der Waals surface area contributed by atoms with E-state index in [2.05, 4.69) is 10.3 Å². The van der Waals surface area contributed by atoms with Crippen molar-refractivity contribution in [2.75, 3.05) is 12.4 Å². The van der Waals surface area contributed by atoms with Gasteiger partial charge in [-0.2, -0.15) is 5.26 Å². The van der Waals surface area contributed by atoms with Crippen LogP contribution in [0.15, 0.2) is 42.5 Å². The number of nitriles is 1. The van der Waals surface area contributed by atoms with Crippen molar-refractivity contribution in [3.63, 3.8) is 0 Å². The summed E-state index contributed by atoms with van der Waals surface area (Å²) in [5.41, 5.74) is 2.40. The van der Waals surface area contributed by atoms with Gasteiger partial charge in [0.1, 0.15) is 17.6 Å². The number of rotatable bonds is 4. The first-order chi connectivity index (χ1) is 9.22. The Morgan fingerprint density at radius 1 is 1.26 bits per heavy atom. The van der Waals surface area contributed by atoms with E-state index >= 15 is 0 Å². The minimum absolute atomic E-state index is 0.0418. The fourth-order valence-corrected chi connectivity index (χ4v) is 1.72. The Hall–Kier alpha value is -2.38.